The van der Waals surface area contributed by atoms with Crippen LogP contribution in [-0.4, -0.2) is 22.9 Å². The Bertz CT molecular complexity index is 786. The number of nitro groups is 1. The van der Waals surface area contributed by atoms with Gasteiger partial charge in [-0.15, -0.1) is 0 Å². The second-order valence-electron chi connectivity index (χ2n) is 6.20. The van der Waals surface area contributed by atoms with Crippen molar-refractivity contribution >= 4 is 17.6 Å². The molecular formula is C20H22N2O5. The van der Waals surface area contributed by atoms with Crippen molar-refractivity contribution in [1.29, 1.82) is 0 Å². The maximum Gasteiger partial charge on any atom is 0.404 e. The van der Waals surface area contributed by atoms with Crippen molar-refractivity contribution in [2.24, 2.45) is 5.73 Å². The van der Waals surface area contributed by atoms with Gasteiger partial charge in [-0.2, -0.15) is 0 Å². The molecule has 1 aliphatic carbocycles. The SMILES string of the molecule is NC(=O)OC1CCCCC1.O=C(c1ccccc1)c1cccc([N+](=O)[O-])c1. The number of non-ortho nitro benzene ring substituents is 1. The molecule has 1 amide bonds. The predicted molar refractivity (Wildman–Crippen MR) is 101 cm³/mol. The van der Waals surface area contributed by atoms with Crippen LogP contribution in [0.3, 0.4) is 0 Å². The summed E-state index contributed by atoms with van der Waals surface area (Å²) < 4.78 is 4.83. The van der Waals surface area contributed by atoms with Crippen LogP contribution in [0.4, 0.5) is 10.5 Å². The van der Waals surface area contributed by atoms with Gasteiger partial charge in [0.25, 0.3) is 5.69 Å². The lowest BCUT2D eigenvalue weighted by Crippen LogP contribution is -2.24. The van der Waals surface area contributed by atoms with Crippen molar-refractivity contribution in [2.75, 3.05) is 0 Å². The van der Waals surface area contributed by atoms with E-state index in [-0.39, 0.29) is 17.6 Å². The van der Waals surface area contributed by atoms with Crippen LogP contribution in [0.1, 0.15) is 48.0 Å². The molecule has 1 fully saturated rings. The minimum atomic E-state index is -0.632. The monoisotopic (exact) mass is 370 g/mol. The van der Waals surface area contributed by atoms with Crippen molar-refractivity contribution in [1.82, 2.24) is 0 Å². The van der Waals surface area contributed by atoms with Crippen molar-refractivity contribution in [3.63, 3.8) is 0 Å². The molecule has 0 spiro atoms. The summed E-state index contributed by atoms with van der Waals surface area (Å²) in [5.74, 6) is -0.214. The lowest BCUT2D eigenvalue weighted by molar-refractivity contribution is -0.384. The molecule has 0 saturated heterocycles. The molecule has 2 N–H and O–H groups in total. The first-order valence-corrected chi connectivity index (χ1v) is 8.77. The predicted octanol–water partition coefficient (Wildman–Crippen LogP) is 4.24. The first-order chi connectivity index (χ1) is 13.0. The highest BCUT2D eigenvalue weighted by Crippen LogP contribution is 2.20. The fourth-order valence-corrected chi connectivity index (χ4v) is 2.86. The lowest BCUT2D eigenvalue weighted by atomic mass is 9.98. The molecular weight excluding hydrogens is 348 g/mol. The minimum Gasteiger partial charge on any atom is -0.446 e. The van der Waals surface area contributed by atoms with Gasteiger partial charge in [0.05, 0.1) is 4.92 Å². The standard InChI is InChI=1S/C13H9NO3.C7H13NO2/c15-13(10-5-2-1-3-6-10)11-7-4-8-12(9-11)14(16)17;8-7(9)10-6-4-2-1-3-5-6/h1-9H;6H,1-5H2,(H2,8,9). The van der Waals surface area contributed by atoms with Gasteiger partial charge in [-0.1, -0.05) is 48.9 Å². The Morgan fingerprint density at radius 3 is 2.19 bits per heavy atom. The molecule has 1 saturated carbocycles. The number of amides is 1. The van der Waals surface area contributed by atoms with Crippen LogP contribution < -0.4 is 5.73 Å². The number of rotatable bonds is 4. The summed E-state index contributed by atoms with van der Waals surface area (Å²) in [5.41, 5.74) is 5.63. The van der Waals surface area contributed by atoms with E-state index in [2.05, 4.69) is 0 Å². The third kappa shape index (κ3) is 6.54. The molecule has 0 unspecified atom stereocenters. The van der Waals surface area contributed by atoms with Crippen molar-refractivity contribution in [3.05, 3.63) is 75.8 Å². The quantitative estimate of drug-likeness (QED) is 0.491. The third-order valence-corrected chi connectivity index (χ3v) is 4.19. The van der Waals surface area contributed by atoms with Crippen LogP contribution in [0.2, 0.25) is 0 Å². The molecule has 0 aromatic heterocycles. The first kappa shape index (κ1) is 20.1. The minimum absolute atomic E-state index is 0.0771. The molecule has 7 heteroatoms. The average molecular weight is 370 g/mol. The number of carbonyl (C=O) groups is 2. The fraction of sp³-hybridized carbons (Fsp3) is 0.300. The molecule has 7 nitrogen and oxygen atoms in total. The van der Waals surface area contributed by atoms with E-state index in [1.165, 1.54) is 24.6 Å². The van der Waals surface area contributed by atoms with Crippen LogP contribution in [0.5, 0.6) is 0 Å². The molecule has 1 aliphatic rings. The van der Waals surface area contributed by atoms with E-state index in [4.69, 9.17) is 10.5 Å². The van der Waals surface area contributed by atoms with Gasteiger partial charge in [0.2, 0.25) is 0 Å². The molecule has 142 valence electrons. The van der Waals surface area contributed by atoms with Gasteiger partial charge in [-0.3, -0.25) is 14.9 Å². The van der Waals surface area contributed by atoms with E-state index < -0.39 is 11.0 Å². The van der Waals surface area contributed by atoms with Crippen molar-refractivity contribution in [3.8, 4) is 0 Å². The summed E-state index contributed by atoms with van der Waals surface area (Å²) in [7, 11) is 0. The second kappa shape index (κ2) is 10.1. The number of ether oxygens (including phenoxy) is 1. The number of ketones is 1. The smallest absolute Gasteiger partial charge is 0.404 e. The Labute approximate surface area is 157 Å². The van der Waals surface area contributed by atoms with Crippen LogP contribution in [0, 0.1) is 10.1 Å². The number of hydrogen-bond donors (Lipinski definition) is 1. The van der Waals surface area contributed by atoms with Gasteiger partial charge in [0.15, 0.2) is 5.78 Å². The Morgan fingerprint density at radius 1 is 0.963 bits per heavy atom. The van der Waals surface area contributed by atoms with Crippen LogP contribution in [0.25, 0.3) is 0 Å². The lowest BCUT2D eigenvalue weighted by Gasteiger charge is -2.20. The van der Waals surface area contributed by atoms with Gasteiger partial charge in [0.1, 0.15) is 6.10 Å². The summed E-state index contributed by atoms with van der Waals surface area (Å²) in [6, 6.07) is 14.4. The molecule has 0 radical (unpaired) electrons. The summed E-state index contributed by atoms with van der Waals surface area (Å²) in [6.45, 7) is 0. The summed E-state index contributed by atoms with van der Waals surface area (Å²) in [6.07, 6.45) is 5.04. The van der Waals surface area contributed by atoms with Crippen molar-refractivity contribution < 1.29 is 19.2 Å². The molecule has 27 heavy (non-hydrogen) atoms. The Morgan fingerprint density at radius 2 is 1.59 bits per heavy atom. The Balaban J connectivity index is 0.000000223. The van der Waals surface area contributed by atoms with Crippen LogP contribution in [0.15, 0.2) is 54.6 Å². The van der Waals surface area contributed by atoms with Crippen LogP contribution in [-0.2, 0) is 4.74 Å². The van der Waals surface area contributed by atoms with E-state index in [0.29, 0.717) is 11.1 Å². The number of primary amides is 1. The fourth-order valence-electron chi connectivity index (χ4n) is 2.86. The van der Waals surface area contributed by atoms with Gasteiger partial charge in [-0.05, 0) is 25.7 Å². The summed E-state index contributed by atoms with van der Waals surface area (Å²) in [4.78, 5) is 32.4. The maximum absolute atomic E-state index is 12.0. The number of hydrogen-bond acceptors (Lipinski definition) is 5. The van der Waals surface area contributed by atoms with Crippen LogP contribution >= 0.6 is 0 Å². The van der Waals surface area contributed by atoms with Gasteiger partial charge < -0.3 is 10.5 Å². The molecule has 0 atom stereocenters. The molecule has 2 aromatic carbocycles. The molecule has 0 bridgehead atoms. The number of benzene rings is 2. The number of nitrogens with two attached hydrogens (primary N) is 1. The van der Waals surface area contributed by atoms with E-state index in [9.17, 15) is 19.7 Å². The van der Waals surface area contributed by atoms with Crippen molar-refractivity contribution in [2.45, 2.75) is 38.2 Å². The van der Waals surface area contributed by atoms with E-state index >= 15 is 0 Å². The maximum atomic E-state index is 12.0. The van der Waals surface area contributed by atoms with E-state index in [1.807, 2.05) is 6.07 Å². The highest BCUT2D eigenvalue weighted by Gasteiger charge is 2.15. The van der Waals surface area contributed by atoms with E-state index in [0.717, 1.165) is 25.7 Å². The zero-order valence-electron chi connectivity index (χ0n) is 14.9. The summed E-state index contributed by atoms with van der Waals surface area (Å²) >= 11 is 0. The zero-order valence-corrected chi connectivity index (χ0v) is 14.9. The number of nitrogens with zero attached hydrogens (tertiary/aromatic N) is 1. The first-order valence-electron chi connectivity index (χ1n) is 8.77. The largest absolute Gasteiger partial charge is 0.446 e. The second-order valence-corrected chi connectivity index (χ2v) is 6.20. The zero-order chi connectivity index (χ0) is 19.6. The molecule has 3 rings (SSSR count). The van der Waals surface area contributed by atoms with Gasteiger partial charge in [-0.25, -0.2) is 4.79 Å². The molecule has 0 heterocycles. The number of carbonyl (C=O) groups excluding carboxylic acids is 2. The normalized spacial score (nSPS) is 13.8. The van der Waals surface area contributed by atoms with Gasteiger partial charge >= 0.3 is 6.09 Å². The average Bonchev–Trinajstić information content (AvgIpc) is 2.69. The Kier molecular flexibility index (Phi) is 7.49. The van der Waals surface area contributed by atoms with Gasteiger partial charge in [0, 0.05) is 23.3 Å². The molecule has 0 aliphatic heterocycles. The Hall–Kier alpha value is -3.22. The number of nitro benzene ring substituents is 1. The highest BCUT2D eigenvalue weighted by molar-refractivity contribution is 6.09. The highest BCUT2D eigenvalue weighted by atomic mass is 16.6. The van der Waals surface area contributed by atoms with E-state index in [1.54, 1.807) is 30.3 Å². The third-order valence-electron chi connectivity index (χ3n) is 4.19. The topological polar surface area (TPSA) is 113 Å². The summed E-state index contributed by atoms with van der Waals surface area (Å²) in [5, 5.41) is 10.6. The molecule has 2 aromatic rings.